The first-order valence-electron chi connectivity index (χ1n) is 7.08. The molecule has 22 heavy (non-hydrogen) atoms. The van der Waals surface area contributed by atoms with E-state index < -0.39 is 10.0 Å². The lowest BCUT2D eigenvalue weighted by atomic mass is 10.2. The molecule has 2 N–H and O–H groups in total. The number of aromatic nitrogens is 1. The molecule has 0 spiro atoms. The number of benzene rings is 1. The molecule has 1 aromatic heterocycles. The fraction of sp³-hybridized carbons (Fsp3) is 0.400. The highest BCUT2D eigenvalue weighted by Gasteiger charge is 2.18. The van der Waals surface area contributed by atoms with E-state index in [1.165, 1.54) is 11.3 Å². The highest BCUT2D eigenvalue weighted by molar-refractivity contribution is 7.89. The third-order valence-corrected chi connectivity index (χ3v) is 5.76. The van der Waals surface area contributed by atoms with Gasteiger partial charge in [-0.05, 0) is 38.8 Å². The SMILES string of the molecule is Cc1csc(-c2cccc(S(=O)(=O)N[C@@H](C)CCCO)c2)n1. The number of aliphatic hydroxyl groups is 1. The maximum atomic E-state index is 12.4. The van der Waals surface area contributed by atoms with E-state index in [0.29, 0.717) is 12.8 Å². The molecule has 120 valence electrons. The third-order valence-electron chi connectivity index (χ3n) is 3.16. The number of aryl methyl sites for hydroxylation is 1. The van der Waals surface area contributed by atoms with E-state index >= 15 is 0 Å². The molecule has 0 amide bonds. The summed E-state index contributed by atoms with van der Waals surface area (Å²) >= 11 is 1.49. The Morgan fingerprint density at radius 1 is 1.41 bits per heavy atom. The Kier molecular flexibility index (Phi) is 5.69. The minimum Gasteiger partial charge on any atom is -0.396 e. The minimum atomic E-state index is -3.57. The van der Waals surface area contributed by atoms with Gasteiger partial charge < -0.3 is 5.11 Å². The molecule has 0 fully saturated rings. The van der Waals surface area contributed by atoms with E-state index in [1.54, 1.807) is 25.1 Å². The molecule has 0 aliphatic heterocycles. The zero-order chi connectivity index (χ0) is 16.2. The number of thiazole rings is 1. The maximum Gasteiger partial charge on any atom is 0.240 e. The Morgan fingerprint density at radius 2 is 2.18 bits per heavy atom. The van der Waals surface area contributed by atoms with Crippen molar-refractivity contribution in [3.05, 3.63) is 35.3 Å². The van der Waals surface area contributed by atoms with Crippen LogP contribution in [0.3, 0.4) is 0 Å². The van der Waals surface area contributed by atoms with Crippen LogP contribution in [0.25, 0.3) is 10.6 Å². The van der Waals surface area contributed by atoms with Crippen LogP contribution in [0.2, 0.25) is 0 Å². The summed E-state index contributed by atoms with van der Waals surface area (Å²) in [4.78, 5) is 4.61. The summed E-state index contributed by atoms with van der Waals surface area (Å²) < 4.78 is 27.4. The molecule has 0 unspecified atom stereocenters. The molecule has 5 nitrogen and oxygen atoms in total. The zero-order valence-electron chi connectivity index (χ0n) is 12.6. The van der Waals surface area contributed by atoms with E-state index in [4.69, 9.17) is 5.11 Å². The van der Waals surface area contributed by atoms with Crippen molar-refractivity contribution < 1.29 is 13.5 Å². The molecule has 1 heterocycles. The van der Waals surface area contributed by atoms with Gasteiger partial charge in [0.1, 0.15) is 5.01 Å². The van der Waals surface area contributed by atoms with Gasteiger partial charge >= 0.3 is 0 Å². The monoisotopic (exact) mass is 340 g/mol. The Morgan fingerprint density at radius 3 is 2.82 bits per heavy atom. The smallest absolute Gasteiger partial charge is 0.240 e. The first kappa shape index (κ1) is 17.1. The zero-order valence-corrected chi connectivity index (χ0v) is 14.2. The topological polar surface area (TPSA) is 79.3 Å². The molecule has 2 rings (SSSR count). The number of nitrogens with zero attached hydrogens (tertiary/aromatic N) is 1. The average molecular weight is 340 g/mol. The van der Waals surface area contributed by atoms with Crippen molar-refractivity contribution in [1.82, 2.24) is 9.71 Å². The van der Waals surface area contributed by atoms with Gasteiger partial charge in [-0.3, -0.25) is 0 Å². The molecule has 0 aliphatic carbocycles. The second-order valence-corrected chi connectivity index (χ2v) is 7.78. The second-order valence-electron chi connectivity index (χ2n) is 5.21. The van der Waals surface area contributed by atoms with Gasteiger partial charge in [-0.1, -0.05) is 12.1 Å². The Balaban J connectivity index is 2.21. The van der Waals surface area contributed by atoms with E-state index in [-0.39, 0.29) is 17.5 Å². The normalized spacial score (nSPS) is 13.2. The standard InChI is InChI=1S/C15H20N2O3S2/c1-11(5-4-8-18)17-22(19,20)14-7-3-6-13(9-14)15-16-12(2)10-21-15/h3,6-7,9-11,17-18H,4-5,8H2,1-2H3/t11-/m0/s1. The van der Waals surface area contributed by atoms with E-state index in [9.17, 15) is 8.42 Å². The summed E-state index contributed by atoms with van der Waals surface area (Å²) in [5.74, 6) is 0. The van der Waals surface area contributed by atoms with Crippen molar-refractivity contribution in [3.63, 3.8) is 0 Å². The largest absolute Gasteiger partial charge is 0.396 e. The quantitative estimate of drug-likeness (QED) is 0.812. The van der Waals surface area contributed by atoms with Crippen molar-refractivity contribution >= 4 is 21.4 Å². The number of aliphatic hydroxyl groups excluding tert-OH is 1. The molecule has 0 radical (unpaired) electrons. The van der Waals surface area contributed by atoms with Crippen molar-refractivity contribution in [1.29, 1.82) is 0 Å². The third kappa shape index (κ3) is 4.36. The lowest BCUT2D eigenvalue weighted by molar-refractivity contribution is 0.279. The fourth-order valence-corrected chi connectivity index (χ4v) is 4.19. The van der Waals surface area contributed by atoms with Crippen LogP contribution < -0.4 is 4.72 Å². The summed E-state index contributed by atoms with van der Waals surface area (Å²) in [6.45, 7) is 3.76. The fourth-order valence-electron chi connectivity index (χ4n) is 2.07. The van der Waals surface area contributed by atoms with Gasteiger partial charge in [0.05, 0.1) is 4.90 Å². The molecule has 0 bridgehead atoms. The summed E-state index contributed by atoms with van der Waals surface area (Å²) in [5.41, 5.74) is 1.72. The van der Waals surface area contributed by atoms with Gasteiger partial charge in [0.25, 0.3) is 0 Å². The van der Waals surface area contributed by atoms with E-state index in [0.717, 1.165) is 16.3 Å². The van der Waals surface area contributed by atoms with Crippen LogP contribution in [0, 0.1) is 6.92 Å². The summed E-state index contributed by atoms with van der Waals surface area (Å²) in [7, 11) is -3.57. The van der Waals surface area contributed by atoms with Gasteiger partial charge in [-0.2, -0.15) is 0 Å². The van der Waals surface area contributed by atoms with E-state index in [1.807, 2.05) is 18.4 Å². The molecule has 0 saturated carbocycles. The highest BCUT2D eigenvalue weighted by Crippen LogP contribution is 2.25. The van der Waals surface area contributed by atoms with Crippen LogP contribution in [0.15, 0.2) is 34.5 Å². The predicted molar refractivity (Wildman–Crippen MR) is 88.4 cm³/mol. The number of rotatable bonds is 7. The van der Waals surface area contributed by atoms with Gasteiger partial charge in [0.15, 0.2) is 0 Å². The first-order chi connectivity index (χ1) is 10.4. The van der Waals surface area contributed by atoms with Gasteiger partial charge in [0, 0.05) is 29.3 Å². The van der Waals surface area contributed by atoms with Crippen molar-refractivity contribution in [2.45, 2.75) is 37.6 Å². The van der Waals surface area contributed by atoms with Gasteiger partial charge in [-0.15, -0.1) is 11.3 Å². The highest BCUT2D eigenvalue weighted by atomic mass is 32.2. The van der Waals surface area contributed by atoms with Crippen LogP contribution in [-0.2, 0) is 10.0 Å². The van der Waals surface area contributed by atoms with Crippen molar-refractivity contribution in [3.8, 4) is 10.6 Å². The molecular formula is C15H20N2O3S2. The Hall–Kier alpha value is -1.28. The maximum absolute atomic E-state index is 12.4. The Bertz CT molecular complexity index is 726. The molecule has 0 aliphatic rings. The molecule has 7 heteroatoms. The van der Waals surface area contributed by atoms with Crippen molar-refractivity contribution in [2.24, 2.45) is 0 Å². The minimum absolute atomic E-state index is 0.0605. The first-order valence-corrected chi connectivity index (χ1v) is 9.44. The number of sulfonamides is 1. The number of hydrogen-bond donors (Lipinski definition) is 2. The van der Waals surface area contributed by atoms with Crippen LogP contribution >= 0.6 is 11.3 Å². The second kappa shape index (κ2) is 7.32. The molecule has 2 aromatic rings. The predicted octanol–water partition coefficient (Wildman–Crippen LogP) is 2.56. The summed E-state index contributed by atoms with van der Waals surface area (Å²) in [6.07, 6.45) is 1.17. The molecule has 1 atom stereocenters. The molecule has 0 saturated heterocycles. The van der Waals surface area contributed by atoms with Crippen LogP contribution in [0.1, 0.15) is 25.5 Å². The Labute approximate surface area is 135 Å². The summed E-state index contributed by atoms with van der Waals surface area (Å²) in [6, 6.07) is 6.57. The van der Waals surface area contributed by atoms with Crippen LogP contribution in [0.4, 0.5) is 0 Å². The summed E-state index contributed by atoms with van der Waals surface area (Å²) in [5, 5.41) is 11.6. The van der Waals surface area contributed by atoms with Crippen LogP contribution in [0.5, 0.6) is 0 Å². The van der Waals surface area contributed by atoms with Crippen LogP contribution in [-0.4, -0.2) is 31.2 Å². The molecular weight excluding hydrogens is 320 g/mol. The van der Waals surface area contributed by atoms with E-state index in [2.05, 4.69) is 9.71 Å². The molecule has 1 aromatic carbocycles. The average Bonchev–Trinajstić information content (AvgIpc) is 2.91. The van der Waals surface area contributed by atoms with Gasteiger partial charge in [-0.25, -0.2) is 18.1 Å². The number of nitrogens with one attached hydrogen (secondary N) is 1. The lowest BCUT2D eigenvalue weighted by Crippen LogP contribution is -2.32. The lowest BCUT2D eigenvalue weighted by Gasteiger charge is -2.14. The number of hydrogen-bond acceptors (Lipinski definition) is 5. The van der Waals surface area contributed by atoms with Gasteiger partial charge in [0.2, 0.25) is 10.0 Å². The van der Waals surface area contributed by atoms with Crippen molar-refractivity contribution in [2.75, 3.05) is 6.61 Å².